The summed E-state index contributed by atoms with van der Waals surface area (Å²) in [5, 5.41) is 6.57. The Hall–Kier alpha value is -2.44. The average molecular weight is 572 g/mol. The Labute approximate surface area is 222 Å². The van der Waals surface area contributed by atoms with Gasteiger partial charge in [0, 0.05) is 41.1 Å². The second-order valence-corrected chi connectivity index (χ2v) is 12.5. The summed E-state index contributed by atoms with van der Waals surface area (Å²) in [5.74, 6) is -0.285. The molecule has 1 atom stereocenters. The number of hydrogen-bond acceptors (Lipinski definition) is 5. The van der Waals surface area contributed by atoms with Crippen LogP contribution in [0.25, 0.3) is 0 Å². The van der Waals surface area contributed by atoms with Crippen LogP contribution in [0.2, 0.25) is 5.02 Å². The second-order valence-electron chi connectivity index (χ2n) is 8.69. The summed E-state index contributed by atoms with van der Waals surface area (Å²) in [6.45, 7) is 1.19. The first kappa shape index (κ1) is 27.6. The Morgan fingerprint density at radius 1 is 1.03 bits per heavy atom. The molecule has 1 unspecified atom stereocenters. The van der Waals surface area contributed by atoms with E-state index in [-0.39, 0.29) is 29.2 Å². The lowest BCUT2D eigenvalue weighted by Gasteiger charge is -2.32. The molecule has 1 aliphatic rings. The molecule has 0 aliphatic carbocycles. The molecular formula is C25H25ClF3N3O3S2. The Balaban J connectivity index is 1.32. The molecule has 198 valence electrons. The van der Waals surface area contributed by atoms with Crippen LogP contribution in [0.3, 0.4) is 0 Å². The van der Waals surface area contributed by atoms with Crippen molar-refractivity contribution in [3.05, 3.63) is 87.3 Å². The molecule has 2 heterocycles. The van der Waals surface area contributed by atoms with Gasteiger partial charge in [0.1, 0.15) is 4.21 Å². The third-order valence-electron chi connectivity index (χ3n) is 6.02. The predicted octanol–water partition coefficient (Wildman–Crippen LogP) is 5.29. The smallest absolute Gasteiger partial charge is 0.347 e. The van der Waals surface area contributed by atoms with Gasteiger partial charge in [0.05, 0.1) is 12.1 Å². The van der Waals surface area contributed by atoms with Crippen LogP contribution in [0, 0.1) is 0 Å². The molecule has 37 heavy (non-hydrogen) atoms. The largest absolute Gasteiger partial charge is 0.416 e. The molecule has 0 spiro atoms. The van der Waals surface area contributed by atoms with E-state index < -0.39 is 21.8 Å². The highest BCUT2D eigenvalue weighted by Gasteiger charge is 2.32. The summed E-state index contributed by atoms with van der Waals surface area (Å²) in [6.07, 6.45) is -2.95. The van der Waals surface area contributed by atoms with Gasteiger partial charge in [0.25, 0.3) is 15.9 Å². The second kappa shape index (κ2) is 11.5. The van der Waals surface area contributed by atoms with Crippen LogP contribution in [0.4, 0.5) is 13.2 Å². The van der Waals surface area contributed by atoms with Gasteiger partial charge in [0.15, 0.2) is 0 Å². The molecule has 4 rings (SSSR count). The van der Waals surface area contributed by atoms with Crippen molar-refractivity contribution < 1.29 is 26.4 Å². The number of piperidine rings is 1. The molecule has 1 aromatic heterocycles. The van der Waals surface area contributed by atoms with Gasteiger partial charge in [-0.3, -0.25) is 4.79 Å². The van der Waals surface area contributed by atoms with Crippen LogP contribution in [-0.4, -0.2) is 37.8 Å². The van der Waals surface area contributed by atoms with Gasteiger partial charge in [-0.1, -0.05) is 23.7 Å². The SMILES string of the molecule is O=C(NCc1ccc(S(=O)(=O)N2CCCC(NCc3ccc(C(F)(F)F)cc3)C2)s1)c1ccc(Cl)cc1. The highest BCUT2D eigenvalue weighted by atomic mass is 35.5. The molecular weight excluding hydrogens is 547 g/mol. The molecule has 0 radical (unpaired) electrons. The van der Waals surface area contributed by atoms with Gasteiger partial charge in [-0.05, 0) is 66.9 Å². The number of hydrogen-bond donors (Lipinski definition) is 2. The Bertz CT molecular complexity index is 1330. The monoisotopic (exact) mass is 571 g/mol. The summed E-state index contributed by atoms with van der Waals surface area (Å²) >= 11 is 6.95. The number of nitrogens with zero attached hydrogens (tertiary/aromatic N) is 1. The van der Waals surface area contributed by atoms with Crippen molar-refractivity contribution in [3.63, 3.8) is 0 Å². The summed E-state index contributed by atoms with van der Waals surface area (Å²) in [5.41, 5.74) is 0.444. The fourth-order valence-electron chi connectivity index (χ4n) is 3.99. The molecule has 2 N–H and O–H groups in total. The number of sulfonamides is 1. The third kappa shape index (κ3) is 7.11. The molecule has 12 heteroatoms. The highest BCUT2D eigenvalue weighted by molar-refractivity contribution is 7.91. The van der Waals surface area contributed by atoms with Gasteiger partial charge in [-0.25, -0.2) is 8.42 Å². The molecule has 0 bridgehead atoms. The molecule has 1 fully saturated rings. The first-order chi connectivity index (χ1) is 17.5. The van der Waals surface area contributed by atoms with E-state index >= 15 is 0 Å². The molecule has 1 amide bonds. The van der Waals surface area contributed by atoms with E-state index in [1.807, 2.05) is 0 Å². The molecule has 3 aromatic rings. The van der Waals surface area contributed by atoms with Gasteiger partial charge in [-0.2, -0.15) is 17.5 Å². The maximum absolute atomic E-state index is 13.2. The number of nitrogens with one attached hydrogen (secondary N) is 2. The molecule has 1 saturated heterocycles. The minimum Gasteiger partial charge on any atom is -0.347 e. The van der Waals surface area contributed by atoms with E-state index in [2.05, 4.69) is 10.6 Å². The van der Waals surface area contributed by atoms with Crippen molar-refractivity contribution in [3.8, 4) is 0 Å². The number of carbonyl (C=O) groups excluding carboxylic acids is 1. The number of amides is 1. The Morgan fingerprint density at radius 3 is 2.41 bits per heavy atom. The van der Waals surface area contributed by atoms with Crippen molar-refractivity contribution in [2.24, 2.45) is 0 Å². The molecule has 1 aliphatic heterocycles. The van der Waals surface area contributed by atoms with Gasteiger partial charge >= 0.3 is 6.18 Å². The minimum atomic E-state index is -4.38. The van der Waals surface area contributed by atoms with E-state index in [4.69, 9.17) is 11.6 Å². The lowest BCUT2D eigenvalue weighted by molar-refractivity contribution is -0.137. The van der Waals surface area contributed by atoms with Gasteiger partial charge in [-0.15, -0.1) is 11.3 Å². The fourth-order valence-corrected chi connectivity index (χ4v) is 7.09. The standard InChI is InChI=1S/C25H25ClF3N3O3S2/c26-20-9-5-18(6-10-20)24(33)31-15-22-11-12-23(36-22)37(34,35)32-13-1-2-21(16-32)30-14-17-3-7-19(8-4-17)25(27,28)29/h3-12,21,30H,1-2,13-16H2,(H,31,33). The van der Waals surface area contributed by atoms with Crippen molar-refractivity contribution >= 4 is 38.9 Å². The number of thiophene rings is 1. The maximum Gasteiger partial charge on any atom is 0.416 e. The molecule has 2 aromatic carbocycles. The van der Waals surface area contributed by atoms with Gasteiger partial charge in [0.2, 0.25) is 0 Å². The van der Waals surface area contributed by atoms with E-state index in [9.17, 15) is 26.4 Å². The number of carbonyl (C=O) groups is 1. The summed E-state index contributed by atoms with van der Waals surface area (Å²) in [4.78, 5) is 13.0. The van der Waals surface area contributed by atoms with Crippen LogP contribution in [0.5, 0.6) is 0 Å². The number of alkyl halides is 3. The highest BCUT2D eigenvalue weighted by Crippen LogP contribution is 2.30. The minimum absolute atomic E-state index is 0.121. The maximum atomic E-state index is 13.2. The number of benzene rings is 2. The Morgan fingerprint density at radius 2 is 1.73 bits per heavy atom. The number of rotatable bonds is 8. The fraction of sp³-hybridized carbons (Fsp3) is 0.320. The zero-order chi connectivity index (χ0) is 26.6. The van der Waals surface area contributed by atoms with Crippen LogP contribution in [-0.2, 0) is 29.3 Å². The zero-order valence-corrected chi connectivity index (χ0v) is 22.0. The summed E-state index contributed by atoms with van der Waals surface area (Å²) in [7, 11) is -3.72. The average Bonchev–Trinajstić information content (AvgIpc) is 3.36. The van der Waals surface area contributed by atoms with E-state index in [1.165, 1.54) is 16.4 Å². The first-order valence-corrected chi connectivity index (χ1v) is 14.2. The first-order valence-electron chi connectivity index (χ1n) is 11.5. The molecule has 0 saturated carbocycles. The van der Waals surface area contributed by atoms with Crippen LogP contribution >= 0.6 is 22.9 Å². The lowest BCUT2D eigenvalue weighted by atomic mass is 10.1. The molecule has 6 nitrogen and oxygen atoms in total. The van der Waals surface area contributed by atoms with E-state index in [0.29, 0.717) is 40.5 Å². The third-order valence-corrected chi connectivity index (χ3v) is 9.69. The number of halogens is 4. The van der Waals surface area contributed by atoms with E-state index in [0.717, 1.165) is 29.9 Å². The van der Waals surface area contributed by atoms with Crippen LogP contribution in [0.15, 0.2) is 64.9 Å². The zero-order valence-electron chi connectivity index (χ0n) is 19.6. The summed E-state index contributed by atoms with van der Waals surface area (Å²) in [6, 6.07) is 14.5. The van der Waals surface area contributed by atoms with Crippen molar-refractivity contribution in [1.29, 1.82) is 0 Å². The van der Waals surface area contributed by atoms with Crippen molar-refractivity contribution in [2.45, 2.75) is 42.4 Å². The topological polar surface area (TPSA) is 78.5 Å². The van der Waals surface area contributed by atoms with Crippen LogP contribution < -0.4 is 10.6 Å². The quantitative estimate of drug-likeness (QED) is 0.385. The lowest BCUT2D eigenvalue weighted by Crippen LogP contribution is -2.47. The predicted molar refractivity (Wildman–Crippen MR) is 137 cm³/mol. The van der Waals surface area contributed by atoms with Gasteiger partial charge < -0.3 is 10.6 Å². The Kier molecular flexibility index (Phi) is 8.59. The van der Waals surface area contributed by atoms with Crippen molar-refractivity contribution in [1.82, 2.24) is 14.9 Å². The summed E-state index contributed by atoms with van der Waals surface area (Å²) < 4.78 is 66.4. The van der Waals surface area contributed by atoms with Crippen LogP contribution in [0.1, 0.15) is 39.2 Å². The van der Waals surface area contributed by atoms with Crippen molar-refractivity contribution in [2.75, 3.05) is 13.1 Å². The normalized spacial score (nSPS) is 17.0. The van der Waals surface area contributed by atoms with E-state index in [1.54, 1.807) is 36.4 Å².